The van der Waals surface area contributed by atoms with E-state index < -0.39 is 0 Å². The van der Waals surface area contributed by atoms with Crippen LogP contribution in [-0.4, -0.2) is 28.4 Å². The van der Waals surface area contributed by atoms with Gasteiger partial charge in [-0.15, -0.1) is 0 Å². The molecule has 0 radical (unpaired) electrons. The summed E-state index contributed by atoms with van der Waals surface area (Å²) in [6.45, 7) is 0.504. The molecule has 0 aliphatic rings. The van der Waals surface area contributed by atoms with Gasteiger partial charge in [0.15, 0.2) is 5.16 Å². The zero-order valence-electron chi connectivity index (χ0n) is 13.8. The number of aryl methyl sites for hydroxylation is 1. The van der Waals surface area contributed by atoms with E-state index in [-0.39, 0.29) is 17.3 Å². The summed E-state index contributed by atoms with van der Waals surface area (Å²) in [6, 6.07) is 17.2. The van der Waals surface area contributed by atoms with Crippen LogP contribution in [0.25, 0.3) is 10.9 Å². The Morgan fingerprint density at radius 2 is 1.84 bits per heavy atom. The Kier molecular flexibility index (Phi) is 5.50. The van der Waals surface area contributed by atoms with Crippen LogP contribution < -0.4 is 5.56 Å². The zero-order valence-corrected chi connectivity index (χ0v) is 14.7. The Morgan fingerprint density at radius 1 is 1.12 bits per heavy atom. The molecule has 0 fully saturated rings. The predicted octanol–water partition coefficient (Wildman–Crippen LogP) is 2.90. The van der Waals surface area contributed by atoms with E-state index >= 15 is 0 Å². The highest BCUT2D eigenvalue weighted by atomic mass is 32.2. The number of carbonyl (C=O) groups is 1. The fourth-order valence-electron chi connectivity index (χ4n) is 2.52. The van der Waals surface area contributed by atoms with E-state index in [2.05, 4.69) is 9.72 Å². The first-order chi connectivity index (χ1) is 12.2. The third-order valence-electron chi connectivity index (χ3n) is 3.84. The molecule has 0 aliphatic carbocycles. The maximum absolute atomic E-state index is 12.9. The lowest BCUT2D eigenvalue weighted by atomic mass is 10.1. The highest BCUT2D eigenvalue weighted by molar-refractivity contribution is 7.99. The molecule has 0 saturated heterocycles. The lowest BCUT2D eigenvalue weighted by Gasteiger charge is -2.13. The first-order valence-electron chi connectivity index (χ1n) is 7.92. The number of carbonyl (C=O) groups excluding carboxylic acids is 1. The molecule has 0 saturated carbocycles. The van der Waals surface area contributed by atoms with E-state index in [0.29, 0.717) is 29.0 Å². The van der Waals surface area contributed by atoms with Gasteiger partial charge in [0.1, 0.15) is 0 Å². The molecule has 0 spiro atoms. The van der Waals surface area contributed by atoms with Crippen molar-refractivity contribution in [2.24, 2.45) is 0 Å². The highest BCUT2D eigenvalue weighted by Crippen LogP contribution is 2.18. The van der Waals surface area contributed by atoms with Gasteiger partial charge in [0, 0.05) is 6.54 Å². The molecule has 0 N–H and O–H groups in total. The summed E-state index contributed by atoms with van der Waals surface area (Å²) < 4.78 is 6.33. The van der Waals surface area contributed by atoms with E-state index in [1.54, 1.807) is 16.7 Å². The van der Waals surface area contributed by atoms with Crippen LogP contribution in [-0.2, 0) is 22.5 Å². The number of aromatic nitrogens is 2. The van der Waals surface area contributed by atoms with Crippen molar-refractivity contribution in [2.75, 3.05) is 12.9 Å². The minimum atomic E-state index is -0.345. The summed E-state index contributed by atoms with van der Waals surface area (Å²) in [6.07, 6.45) is 0.715. The Labute approximate surface area is 149 Å². The van der Waals surface area contributed by atoms with E-state index in [4.69, 9.17) is 0 Å². The number of ether oxygens (including phenoxy) is 1. The average Bonchev–Trinajstić information content (AvgIpc) is 2.66. The number of hydrogen-bond acceptors (Lipinski definition) is 5. The summed E-state index contributed by atoms with van der Waals surface area (Å²) in [7, 11) is 1.35. The van der Waals surface area contributed by atoms with Crippen molar-refractivity contribution in [1.82, 2.24) is 9.55 Å². The molecular formula is C19H18N2O3S. The maximum atomic E-state index is 12.9. The molecule has 1 aromatic heterocycles. The first kappa shape index (κ1) is 17.2. The van der Waals surface area contributed by atoms with Crippen LogP contribution in [0.2, 0.25) is 0 Å². The zero-order chi connectivity index (χ0) is 17.6. The second-order valence-corrected chi connectivity index (χ2v) is 6.41. The van der Waals surface area contributed by atoms with Gasteiger partial charge in [-0.3, -0.25) is 14.2 Å². The van der Waals surface area contributed by atoms with Gasteiger partial charge in [0.25, 0.3) is 5.56 Å². The van der Waals surface area contributed by atoms with E-state index in [1.165, 1.54) is 18.9 Å². The number of nitrogens with zero attached hydrogens (tertiary/aromatic N) is 2. The fraction of sp³-hybridized carbons (Fsp3) is 0.211. The van der Waals surface area contributed by atoms with Gasteiger partial charge in [0.2, 0.25) is 0 Å². The lowest BCUT2D eigenvalue weighted by Crippen LogP contribution is -2.24. The summed E-state index contributed by atoms with van der Waals surface area (Å²) in [5.74, 6) is -0.228. The summed E-state index contributed by atoms with van der Waals surface area (Å²) in [4.78, 5) is 28.9. The Morgan fingerprint density at radius 3 is 2.60 bits per heavy atom. The number of rotatable bonds is 6. The summed E-state index contributed by atoms with van der Waals surface area (Å²) >= 11 is 1.22. The second kappa shape index (κ2) is 7.98. The van der Waals surface area contributed by atoms with Crippen LogP contribution in [0.3, 0.4) is 0 Å². The van der Waals surface area contributed by atoms with E-state index in [0.717, 1.165) is 5.56 Å². The van der Waals surface area contributed by atoms with Crippen LogP contribution in [0.15, 0.2) is 64.5 Å². The van der Waals surface area contributed by atoms with Crippen LogP contribution in [0.5, 0.6) is 0 Å². The standard InChI is InChI=1S/C19H18N2O3S/c1-24-17(22)13-25-19-20-16-10-6-5-9-15(16)18(23)21(19)12-11-14-7-3-2-4-8-14/h2-10H,11-13H2,1H3. The minimum Gasteiger partial charge on any atom is -0.468 e. The largest absolute Gasteiger partial charge is 0.468 e. The number of fused-ring (bicyclic) bond motifs is 1. The van der Waals surface area contributed by atoms with Gasteiger partial charge < -0.3 is 4.74 Å². The number of methoxy groups -OCH3 is 1. The third-order valence-corrected chi connectivity index (χ3v) is 4.79. The quantitative estimate of drug-likeness (QED) is 0.387. The van der Waals surface area contributed by atoms with Gasteiger partial charge in [-0.2, -0.15) is 0 Å². The molecular weight excluding hydrogens is 336 g/mol. The third kappa shape index (κ3) is 4.09. The van der Waals surface area contributed by atoms with Crippen LogP contribution in [0, 0.1) is 0 Å². The number of thioether (sulfide) groups is 1. The molecule has 5 nitrogen and oxygen atoms in total. The molecule has 0 atom stereocenters. The van der Waals surface area contributed by atoms with Gasteiger partial charge in [-0.05, 0) is 24.1 Å². The molecule has 1 heterocycles. The minimum absolute atomic E-state index is 0.0890. The Bertz CT molecular complexity index is 938. The highest BCUT2D eigenvalue weighted by Gasteiger charge is 2.13. The number of para-hydroxylation sites is 1. The molecule has 2 aromatic carbocycles. The maximum Gasteiger partial charge on any atom is 0.316 e. The van der Waals surface area contributed by atoms with Crippen molar-refractivity contribution < 1.29 is 9.53 Å². The predicted molar refractivity (Wildman–Crippen MR) is 98.9 cm³/mol. The number of hydrogen-bond donors (Lipinski definition) is 0. The van der Waals surface area contributed by atoms with Crippen molar-refractivity contribution in [2.45, 2.75) is 18.1 Å². The van der Waals surface area contributed by atoms with Gasteiger partial charge >= 0.3 is 5.97 Å². The van der Waals surface area contributed by atoms with Crippen LogP contribution >= 0.6 is 11.8 Å². The Balaban J connectivity index is 1.96. The second-order valence-electron chi connectivity index (χ2n) is 5.47. The fourth-order valence-corrected chi connectivity index (χ4v) is 3.38. The topological polar surface area (TPSA) is 61.2 Å². The molecule has 3 aromatic rings. The smallest absolute Gasteiger partial charge is 0.316 e. The number of benzene rings is 2. The average molecular weight is 354 g/mol. The number of esters is 1. The van der Waals surface area contributed by atoms with Crippen LogP contribution in [0.4, 0.5) is 0 Å². The van der Waals surface area contributed by atoms with Crippen molar-refractivity contribution in [3.8, 4) is 0 Å². The molecule has 6 heteroatoms. The molecule has 0 aliphatic heterocycles. The SMILES string of the molecule is COC(=O)CSc1nc2ccccc2c(=O)n1CCc1ccccc1. The van der Waals surface area contributed by atoms with Crippen LogP contribution in [0.1, 0.15) is 5.56 Å². The molecule has 3 rings (SSSR count). The molecule has 25 heavy (non-hydrogen) atoms. The van der Waals surface area contributed by atoms with Crippen molar-refractivity contribution >= 4 is 28.6 Å². The first-order valence-corrected chi connectivity index (χ1v) is 8.90. The van der Waals surface area contributed by atoms with Gasteiger partial charge in [-0.25, -0.2) is 4.98 Å². The normalized spacial score (nSPS) is 10.8. The van der Waals surface area contributed by atoms with Gasteiger partial charge in [0.05, 0.1) is 23.8 Å². The molecule has 0 bridgehead atoms. The molecule has 0 unspecified atom stereocenters. The summed E-state index contributed by atoms with van der Waals surface area (Å²) in [5.41, 5.74) is 1.69. The molecule has 0 amide bonds. The van der Waals surface area contributed by atoms with Crippen molar-refractivity contribution in [3.05, 3.63) is 70.5 Å². The summed E-state index contributed by atoms with van der Waals surface area (Å²) in [5, 5.41) is 1.11. The van der Waals surface area contributed by atoms with E-state index in [1.807, 2.05) is 42.5 Å². The van der Waals surface area contributed by atoms with Crippen molar-refractivity contribution in [3.63, 3.8) is 0 Å². The molecule has 128 valence electrons. The monoisotopic (exact) mass is 354 g/mol. The lowest BCUT2D eigenvalue weighted by molar-refractivity contribution is -0.137. The Hall–Kier alpha value is -2.60. The van der Waals surface area contributed by atoms with Gasteiger partial charge in [-0.1, -0.05) is 54.2 Å². The van der Waals surface area contributed by atoms with E-state index in [9.17, 15) is 9.59 Å². The van der Waals surface area contributed by atoms with Crippen molar-refractivity contribution in [1.29, 1.82) is 0 Å².